The second-order valence-corrected chi connectivity index (χ2v) is 11.6. The van der Waals surface area contributed by atoms with Gasteiger partial charge in [0.2, 0.25) is 0 Å². The first-order valence-corrected chi connectivity index (χ1v) is 12.8. The third-order valence-electron chi connectivity index (χ3n) is 8.17. The summed E-state index contributed by atoms with van der Waals surface area (Å²) in [6.45, 7) is 0. The lowest BCUT2D eigenvalue weighted by atomic mass is 9.56. The van der Waals surface area contributed by atoms with Crippen LogP contribution in [0, 0.1) is 23.6 Å². The molecule has 0 radical (unpaired) electrons. The number of carbonyl (C=O) groups is 4. The van der Waals surface area contributed by atoms with E-state index in [2.05, 4.69) is 0 Å². The Morgan fingerprint density at radius 3 is 2.32 bits per heavy atom. The number of hydrogen-bond acceptors (Lipinski definition) is 6. The summed E-state index contributed by atoms with van der Waals surface area (Å²) in [5.41, 5.74) is 0.564. The van der Waals surface area contributed by atoms with Crippen molar-refractivity contribution in [3.8, 4) is 5.75 Å². The lowest BCUT2D eigenvalue weighted by molar-refractivity contribution is -0.173. The molecule has 0 unspecified atom stereocenters. The highest BCUT2D eigenvalue weighted by Crippen LogP contribution is 2.66. The normalized spacial score (nSPS) is 34.3. The fourth-order valence-corrected chi connectivity index (χ4v) is 7.59. The molecule has 2 N–H and O–H groups in total. The van der Waals surface area contributed by atoms with Gasteiger partial charge in [-0.3, -0.25) is 24.4 Å². The molecule has 2 aromatic rings. The number of phenolic OH excluding ortho intramolecular Hbond substituents is 1. The highest BCUT2D eigenvalue weighted by Gasteiger charge is 2.76. The number of aromatic hydroxyl groups is 1. The van der Waals surface area contributed by atoms with Gasteiger partial charge in [0.1, 0.15) is 11.6 Å². The van der Waals surface area contributed by atoms with Crippen LogP contribution in [0.4, 0.5) is 10.1 Å². The predicted octanol–water partition coefficient (Wildman–Crippen LogP) is 4.14. The van der Waals surface area contributed by atoms with Crippen LogP contribution >= 0.6 is 34.8 Å². The minimum Gasteiger partial charge on any atom is -0.508 e. The van der Waals surface area contributed by atoms with Gasteiger partial charge in [0.05, 0.1) is 17.5 Å². The lowest BCUT2D eigenvalue weighted by Crippen LogP contribution is -2.60. The SMILES string of the molecule is O=C1[C@H]2[C@H](CC=C3[C@H]2C[C@@]2(Cl)C(=O)N(c4ccc(F)cc4)C(=O)[C@@]2(Cl)[C@H]3c2cc(Cl)ccc2O)C(=O)N1O. The van der Waals surface area contributed by atoms with E-state index in [-0.39, 0.29) is 39.9 Å². The Labute approximate surface area is 230 Å². The molecule has 2 heterocycles. The molecule has 1 saturated carbocycles. The van der Waals surface area contributed by atoms with E-state index in [1.54, 1.807) is 6.08 Å². The fraction of sp³-hybridized carbons (Fsp3) is 0.308. The first-order valence-electron chi connectivity index (χ1n) is 11.7. The molecule has 2 saturated heterocycles. The molecule has 2 aliphatic heterocycles. The second kappa shape index (κ2) is 8.26. The summed E-state index contributed by atoms with van der Waals surface area (Å²) >= 11 is 20.5. The Balaban J connectivity index is 1.60. The van der Waals surface area contributed by atoms with E-state index in [9.17, 15) is 33.9 Å². The number of rotatable bonds is 2. The van der Waals surface area contributed by atoms with Gasteiger partial charge in [-0.1, -0.05) is 23.3 Å². The third kappa shape index (κ3) is 3.07. The summed E-state index contributed by atoms with van der Waals surface area (Å²) in [7, 11) is 0. The van der Waals surface area contributed by atoms with Gasteiger partial charge in [0.15, 0.2) is 9.75 Å². The van der Waals surface area contributed by atoms with Crippen molar-refractivity contribution < 1.29 is 33.9 Å². The maximum atomic E-state index is 14.1. The highest BCUT2D eigenvalue weighted by molar-refractivity contribution is 6.58. The number of anilines is 1. The maximum Gasteiger partial charge on any atom is 0.258 e. The van der Waals surface area contributed by atoms with Crippen molar-refractivity contribution in [1.29, 1.82) is 0 Å². The quantitative estimate of drug-likeness (QED) is 0.239. The van der Waals surface area contributed by atoms with Crippen molar-refractivity contribution in [2.75, 3.05) is 4.90 Å². The first kappa shape index (κ1) is 25.3. The number of nitrogens with zero attached hydrogens (tertiary/aromatic N) is 2. The van der Waals surface area contributed by atoms with Gasteiger partial charge in [0, 0.05) is 16.5 Å². The number of imide groups is 2. The van der Waals surface area contributed by atoms with E-state index in [0.717, 1.165) is 17.0 Å². The van der Waals surface area contributed by atoms with Crippen molar-refractivity contribution in [1.82, 2.24) is 5.06 Å². The molecule has 6 atom stereocenters. The number of benzene rings is 2. The number of fused-ring (bicyclic) bond motifs is 4. The van der Waals surface area contributed by atoms with Crippen molar-refractivity contribution in [3.05, 3.63) is 70.5 Å². The Morgan fingerprint density at radius 2 is 1.63 bits per heavy atom. The zero-order valence-electron chi connectivity index (χ0n) is 19.3. The molecule has 12 heteroatoms. The van der Waals surface area contributed by atoms with Gasteiger partial charge in [-0.2, -0.15) is 5.06 Å². The third-order valence-corrected chi connectivity index (χ3v) is 9.82. The van der Waals surface area contributed by atoms with Gasteiger partial charge < -0.3 is 5.11 Å². The van der Waals surface area contributed by atoms with Gasteiger partial charge in [-0.05, 0) is 61.2 Å². The standard InChI is InChI=1S/C26H18Cl3FN2O6/c27-11-1-8-18(33)16(9-11)20-14-6-7-15-19(22(35)32(38)21(15)34)17(14)10-25(28)23(36)31(24(37)26(20,25)29)13-4-2-12(30)3-5-13/h1-6,8-9,15,17,19-20,33,38H,7,10H2/t15-,17+,19-,20+,25+,26-/m0/s1. The van der Waals surface area contributed by atoms with Gasteiger partial charge >= 0.3 is 0 Å². The monoisotopic (exact) mass is 578 g/mol. The summed E-state index contributed by atoms with van der Waals surface area (Å²) in [6, 6.07) is 8.76. The first-order chi connectivity index (χ1) is 17.9. The van der Waals surface area contributed by atoms with Crippen LogP contribution in [0.1, 0.15) is 24.3 Å². The molecule has 196 valence electrons. The molecule has 3 fully saturated rings. The van der Waals surface area contributed by atoms with Gasteiger partial charge in [-0.25, -0.2) is 9.29 Å². The summed E-state index contributed by atoms with van der Waals surface area (Å²) in [4.78, 5) is 50.1. The molecular formula is C26H18Cl3FN2O6. The van der Waals surface area contributed by atoms with Crippen LogP contribution in [0.3, 0.4) is 0 Å². The maximum absolute atomic E-state index is 14.1. The number of alkyl halides is 2. The lowest BCUT2D eigenvalue weighted by Gasteiger charge is -2.50. The molecule has 0 bridgehead atoms. The van der Waals surface area contributed by atoms with Gasteiger partial charge in [-0.15, -0.1) is 23.2 Å². The van der Waals surface area contributed by atoms with Crippen LogP contribution < -0.4 is 4.90 Å². The number of halogens is 4. The molecule has 2 aliphatic carbocycles. The van der Waals surface area contributed by atoms with E-state index < -0.39 is 62.9 Å². The van der Waals surface area contributed by atoms with Crippen LogP contribution in [-0.4, -0.2) is 48.8 Å². The second-order valence-electron chi connectivity index (χ2n) is 9.94. The number of hydrogen-bond donors (Lipinski definition) is 2. The van der Waals surface area contributed by atoms with Crippen LogP contribution in [0.2, 0.25) is 5.02 Å². The van der Waals surface area contributed by atoms with E-state index in [4.69, 9.17) is 34.8 Å². The Morgan fingerprint density at radius 1 is 0.947 bits per heavy atom. The molecule has 38 heavy (non-hydrogen) atoms. The van der Waals surface area contributed by atoms with Crippen LogP contribution in [0.15, 0.2) is 54.1 Å². The van der Waals surface area contributed by atoms with Crippen molar-refractivity contribution >= 4 is 64.1 Å². The summed E-state index contributed by atoms with van der Waals surface area (Å²) in [6.07, 6.45) is 1.40. The Bertz CT molecular complexity index is 1480. The molecule has 4 amide bonds. The molecule has 2 aromatic carbocycles. The molecule has 4 aliphatic rings. The van der Waals surface area contributed by atoms with E-state index >= 15 is 0 Å². The van der Waals surface area contributed by atoms with Crippen LogP contribution in [0.5, 0.6) is 5.75 Å². The Hall–Kier alpha value is -2.98. The zero-order valence-corrected chi connectivity index (χ0v) is 21.5. The number of carbonyl (C=O) groups excluding carboxylic acids is 4. The summed E-state index contributed by atoms with van der Waals surface area (Å²) in [5, 5.41) is 21.3. The average molecular weight is 580 g/mol. The molecule has 0 aromatic heterocycles. The predicted molar refractivity (Wildman–Crippen MR) is 133 cm³/mol. The average Bonchev–Trinajstić information content (AvgIpc) is 3.19. The molecular weight excluding hydrogens is 562 g/mol. The minimum absolute atomic E-state index is 0.0356. The van der Waals surface area contributed by atoms with Crippen LogP contribution in [-0.2, 0) is 19.2 Å². The Kier molecular flexibility index (Phi) is 5.50. The molecule has 6 rings (SSSR count). The number of hydroxylamine groups is 2. The van der Waals surface area contributed by atoms with Gasteiger partial charge in [0.25, 0.3) is 23.6 Å². The summed E-state index contributed by atoms with van der Waals surface area (Å²) in [5.74, 6) is -8.34. The van der Waals surface area contributed by atoms with Crippen LogP contribution in [0.25, 0.3) is 0 Å². The van der Waals surface area contributed by atoms with E-state index in [1.807, 2.05) is 0 Å². The number of amides is 4. The fourth-order valence-electron chi connectivity index (χ4n) is 6.48. The highest BCUT2D eigenvalue weighted by atomic mass is 35.5. The van der Waals surface area contributed by atoms with Crippen molar-refractivity contribution in [2.24, 2.45) is 17.8 Å². The van der Waals surface area contributed by atoms with Crippen molar-refractivity contribution in [2.45, 2.75) is 28.5 Å². The topological polar surface area (TPSA) is 115 Å². The largest absolute Gasteiger partial charge is 0.508 e. The number of allylic oxidation sites excluding steroid dienone is 2. The summed E-state index contributed by atoms with van der Waals surface area (Å²) < 4.78 is 13.6. The van der Waals surface area contributed by atoms with E-state index in [0.29, 0.717) is 5.57 Å². The molecule has 0 spiro atoms. The number of phenols is 1. The smallest absolute Gasteiger partial charge is 0.258 e. The molecule has 8 nitrogen and oxygen atoms in total. The zero-order chi connectivity index (χ0) is 27.3. The van der Waals surface area contributed by atoms with Crippen molar-refractivity contribution in [3.63, 3.8) is 0 Å². The van der Waals surface area contributed by atoms with E-state index in [1.165, 1.54) is 30.3 Å². The minimum atomic E-state index is -2.19.